The summed E-state index contributed by atoms with van der Waals surface area (Å²) in [4.78, 5) is 42.9. The van der Waals surface area contributed by atoms with Crippen molar-refractivity contribution in [3.63, 3.8) is 0 Å². The lowest BCUT2D eigenvalue weighted by Gasteiger charge is -2.40. The molecule has 2 aromatic rings. The average Bonchev–Trinajstić information content (AvgIpc) is 3.28. The summed E-state index contributed by atoms with van der Waals surface area (Å²) in [7, 11) is 0. The van der Waals surface area contributed by atoms with Crippen molar-refractivity contribution in [2.45, 2.75) is 50.6 Å². The number of urea groups is 1. The molecule has 12 heteroatoms. The van der Waals surface area contributed by atoms with Crippen LogP contribution >= 0.6 is 11.6 Å². The molecule has 0 saturated carbocycles. The number of hydrogen-bond acceptors (Lipinski definition) is 4. The van der Waals surface area contributed by atoms with Crippen molar-refractivity contribution in [1.29, 1.82) is 0 Å². The number of nitrogens with zero attached hydrogens (tertiary/aromatic N) is 3. The number of anilines is 1. The maximum atomic E-state index is 13.6. The van der Waals surface area contributed by atoms with Gasteiger partial charge in [0.05, 0.1) is 16.3 Å². The molecule has 1 N–H and O–H groups in total. The van der Waals surface area contributed by atoms with Crippen LogP contribution in [0.1, 0.15) is 36.5 Å². The third kappa shape index (κ3) is 5.38. The third-order valence-corrected chi connectivity index (χ3v) is 7.65. The van der Waals surface area contributed by atoms with E-state index in [0.717, 1.165) is 35.4 Å². The van der Waals surface area contributed by atoms with E-state index in [2.05, 4.69) is 10.2 Å². The zero-order valence-corrected chi connectivity index (χ0v) is 21.6. The minimum absolute atomic E-state index is 0.0800. The summed E-state index contributed by atoms with van der Waals surface area (Å²) >= 11 is 5.89. The molecule has 3 heterocycles. The highest BCUT2D eigenvalue weighted by molar-refractivity contribution is 6.32. The topological polar surface area (TPSA) is 73.0 Å². The maximum absolute atomic E-state index is 13.6. The summed E-state index contributed by atoms with van der Waals surface area (Å²) in [6, 6.07) is 6.10. The Balaban J connectivity index is 1.38. The number of hydrogen-bond donors (Lipinski definition) is 1. The van der Waals surface area contributed by atoms with Gasteiger partial charge in [0.15, 0.2) is 0 Å². The number of rotatable bonds is 5. The number of halogens is 5. The van der Waals surface area contributed by atoms with Crippen LogP contribution in [0.15, 0.2) is 42.5 Å². The first-order valence-electron chi connectivity index (χ1n) is 12.4. The fourth-order valence-electron chi connectivity index (χ4n) is 5.53. The predicted octanol–water partition coefficient (Wildman–Crippen LogP) is 4.83. The van der Waals surface area contributed by atoms with Gasteiger partial charge in [-0.1, -0.05) is 23.7 Å². The standard InChI is InChI=1S/C27H25ClF4N4O3/c1-15-25(38)36(26(39)33-15)23-11-22(28)21(27(30,31)32)10-17(23)4-9-24(37)35-19-7-8-20(35)14-34(13-19)12-16-2-5-18(29)6-3-16/h2-6,9-11,15,19-20H,7-8,12-14H2,1H3,(H,33,39)/t15-,19+,20?/m1/s1. The monoisotopic (exact) mass is 564 g/mol. The predicted molar refractivity (Wildman–Crippen MR) is 136 cm³/mol. The lowest BCUT2D eigenvalue weighted by Crippen LogP contribution is -2.55. The van der Waals surface area contributed by atoms with E-state index in [9.17, 15) is 31.9 Å². The quantitative estimate of drug-likeness (QED) is 0.321. The van der Waals surface area contributed by atoms with E-state index < -0.39 is 34.7 Å². The van der Waals surface area contributed by atoms with Crippen LogP contribution in [0.2, 0.25) is 5.02 Å². The summed E-state index contributed by atoms with van der Waals surface area (Å²) in [5.41, 5.74) is -0.466. The van der Waals surface area contributed by atoms with Crippen LogP contribution in [-0.4, -0.2) is 58.9 Å². The number of likely N-dealkylation sites (tertiary alicyclic amines) is 1. The fourth-order valence-corrected chi connectivity index (χ4v) is 5.80. The third-order valence-electron chi connectivity index (χ3n) is 7.33. The molecule has 3 fully saturated rings. The van der Waals surface area contributed by atoms with E-state index in [0.29, 0.717) is 19.6 Å². The fraction of sp³-hybridized carbons (Fsp3) is 0.370. The average molecular weight is 565 g/mol. The number of benzene rings is 2. The highest BCUT2D eigenvalue weighted by atomic mass is 35.5. The number of piperazine rings is 1. The molecule has 3 saturated heterocycles. The second kappa shape index (κ2) is 10.3. The number of alkyl halides is 3. The second-order valence-electron chi connectivity index (χ2n) is 10.0. The minimum atomic E-state index is -4.78. The highest BCUT2D eigenvalue weighted by Crippen LogP contribution is 2.40. The van der Waals surface area contributed by atoms with Crippen molar-refractivity contribution in [2.24, 2.45) is 0 Å². The van der Waals surface area contributed by atoms with E-state index in [-0.39, 0.29) is 35.1 Å². The summed E-state index contributed by atoms with van der Waals surface area (Å²) in [5.74, 6) is -1.33. The van der Waals surface area contributed by atoms with Gasteiger partial charge in [-0.2, -0.15) is 13.2 Å². The van der Waals surface area contributed by atoms with Gasteiger partial charge in [0.25, 0.3) is 5.91 Å². The van der Waals surface area contributed by atoms with E-state index in [1.54, 1.807) is 17.0 Å². The number of amides is 4. The Morgan fingerprint density at radius 1 is 1.10 bits per heavy atom. The van der Waals surface area contributed by atoms with Gasteiger partial charge in [0.2, 0.25) is 5.91 Å². The molecule has 7 nitrogen and oxygen atoms in total. The van der Waals surface area contributed by atoms with Crippen molar-refractivity contribution in [3.05, 3.63) is 70.0 Å². The largest absolute Gasteiger partial charge is 0.417 e. The van der Waals surface area contributed by atoms with Crippen molar-refractivity contribution in [1.82, 2.24) is 15.1 Å². The van der Waals surface area contributed by atoms with Gasteiger partial charge in [-0.3, -0.25) is 14.5 Å². The molecule has 3 aliphatic rings. The number of imide groups is 1. The van der Waals surface area contributed by atoms with Crippen LogP contribution in [0.3, 0.4) is 0 Å². The Labute approximate surface area is 227 Å². The number of nitrogens with one attached hydrogen (secondary N) is 1. The van der Waals surface area contributed by atoms with E-state index >= 15 is 0 Å². The molecule has 0 aromatic heterocycles. The first kappa shape index (κ1) is 27.1. The van der Waals surface area contributed by atoms with Gasteiger partial charge in [-0.05, 0) is 61.2 Å². The number of fused-ring (bicyclic) bond motifs is 2. The van der Waals surface area contributed by atoms with Gasteiger partial charge in [0, 0.05) is 37.8 Å². The zero-order chi connectivity index (χ0) is 28.1. The van der Waals surface area contributed by atoms with Crippen LogP contribution in [-0.2, 0) is 22.3 Å². The maximum Gasteiger partial charge on any atom is 0.417 e. The first-order valence-corrected chi connectivity index (χ1v) is 12.8. The van der Waals surface area contributed by atoms with Crippen molar-refractivity contribution < 1.29 is 31.9 Å². The van der Waals surface area contributed by atoms with E-state index in [1.165, 1.54) is 31.2 Å². The molecular weight excluding hydrogens is 540 g/mol. The molecular formula is C27H25ClF4N4O3. The minimum Gasteiger partial charge on any atom is -0.331 e. The molecule has 4 amide bonds. The lowest BCUT2D eigenvalue weighted by molar-refractivity contribution is -0.137. The second-order valence-corrected chi connectivity index (χ2v) is 10.4. The van der Waals surface area contributed by atoms with Gasteiger partial charge in [-0.25, -0.2) is 14.1 Å². The van der Waals surface area contributed by atoms with Crippen LogP contribution in [0, 0.1) is 5.82 Å². The highest BCUT2D eigenvalue weighted by Gasteiger charge is 2.42. The van der Waals surface area contributed by atoms with Crippen LogP contribution < -0.4 is 10.2 Å². The van der Waals surface area contributed by atoms with E-state index in [4.69, 9.17) is 11.6 Å². The van der Waals surface area contributed by atoms with Gasteiger partial charge >= 0.3 is 12.2 Å². The van der Waals surface area contributed by atoms with Crippen molar-refractivity contribution >= 4 is 41.2 Å². The van der Waals surface area contributed by atoms with Gasteiger partial charge < -0.3 is 10.2 Å². The molecule has 0 radical (unpaired) electrons. The van der Waals surface area contributed by atoms with Gasteiger partial charge in [0.1, 0.15) is 11.9 Å². The van der Waals surface area contributed by atoms with Gasteiger partial charge in [-0.15, -0.1) is 0 Å². The summed E-state index contributed by atoms with van der Waals surface area (Å²) in [6.07, 6.45) is -0.844. The smallest absolute Gasteiger partial charge is 0.331 e. The Kier molecular flexibility index (Phi) is 7.15. The molecule has 0 spiro atoms. The van der Waals surface area contributed by atoms with Crippen LogP contribution in [0.25, 0.3) is 6.08 Å². The molecule has 206 valence electrons. The van der Waals surface area contributed by atoms with Crippen LogP contribution in [0.4, 0.5) is 28.0 Å². The molecule has 1 unspecified atom stereocenters. The number of carbonyl (C=O) groups excluding carboxylic acids is 3. The summed E-state index contributed by atoms with van der Waals surface area (Å²) in [5, 5.41) is 1.75. The SMILES string of the molecule is C[C@H]1NC(=O)N(c2cc(Cl)c(C(F)(F)F)cc2C=CC(=O)N2C3CC[C@H]2CN(Cc2ccc(F)cc2)C3)C1=O. The Bertz CT molecular complexity index is 1330. The molecule has 5 rings (SSSR count). The zero-order valence-electron chi connectivity index (χ0n) is 20.8. The lowest BCUT2D eigenvalue weighted by atomic mass is 10.1. The van der Waals surface area contributed by atoms with Crippen LogP contribution in [0.5, 0.6) is 0 Å². The molecule has 2 bridgehead atoms. The Morgan fingerprint density at radius 2 is 1.74 bits per heavy atom. The Morgan fingerprint density at radius 3 is 2.31 bits per heavy atom. The molecule has 0 aliphatic carbocycles. The molecule has 39 heavy (non-hydrogen) atoms. The molecule has 3 atom stereocenters. The summed E-state index contributed by atoms with van der Waals surface area (Å²) in [6.45, 7) is 3.29. The molecule has 2 aromatic carbocycles. The van der Waals surface area contributed by atoms with E-state index in [1.807, 2.05) is 0 Å². The van der Waals surface area contributed by atoms with Crippen molar-refractivity contribution in [3.8, 4) is 0 Å². The molecule has 3 aliphatic heterocycles. The Hall–Kier alpha value is -3.44. The number of carbonyl (C=O) groups is 3. The summed E-state index contributed by atoms with van der Waals surface area (Å²) < 4.78 is 54.0. The van der Waals surface area contributed by atoms with Crippen molar-refractivity contribution in [2.75, 3.05) is 18.0 Å². The first-order chi connectivity index (χ1) is 18.4. The normalized spacial score (nSPS) is 23.7.